The van der Waals surface area contributed by atoms with E-state index in [1.165, 1.54) is 10.9 Å². The zero-order chi connectivity index (χ0) is 21.4. The van der Waals surface area contributed by atoms with Crippen molar-refractivity contribution in [3.05, 3.63) is 39.4 Å². The second-order valence-electron chi connectivity index (χ2n) is 7.15. The molecule has 8 nitrogen and oxygen atoms in total. The summed E-state index contributed by atoms with van der Waals surface area (Å²) in [6.45, 7) is 6.63. The average molecular weight is 467 g/mol. The first-order valence-electron chi connectivity index (χ1n) is 9.64. The molecule has 1 aromatic heterocycles. The van der Waals surface area contributed by atoms with E-state index in [1.807, 2.05) is 19.9 Å². The maximum Gasteiger partial charge on any atom is 0.407 e. The van der Waals surface area contributed by atoms with Crippen molar-refractivity contribution in [3.8, 4) is 0 Å². The Labute approximate surface area is 178 Å². The van der Waals surface area contributed by atoms with Crippen LogP contribution in [-0.4, -0.2) is 40.7 Å². The van der Waals surface area contributed by atoms with Crippen molar-refractivity contribution in [3.63, 3.8) is 0 Å². The fourth-order valence-electron chi connectivity index (χ4n) is 2.94. The minimum absolute atomic E-state index is 0.134. The summed E-state index contributed by atoms with van der Waals surface area (Å²) in [6, 6.07) is 5.09. The maximum atomic E-state index is 12.6. The van der Waals surface area contributed by atoms with E-state index in [1.54, 1.807) is 19.1 Å². The fourth-order valence-corrected chi connectivity index (χ4v) is 3.30. The molecular weight excluding hydrogens is 440 g/mol. The number of hydrogen-bond donors (Lipinski definition) is 2. The molecule has 0 fully saturated rings. The highest BCUT2D eigenvalue weighted by molar-refractivity contribution is 9.10. The first kappa shape index (κ1) is 22.9. The third kappa shape index (κ3) is 7.16. The highest BCUT2D eigenvalue weighted by Gasteiger charge is 2.16. The van der Waals surface area contributed by atoms with Crippen molar-refractivity contribution in [2.24, 2.45) is 5.92 Å². The van der Waals surface area contributed by atoms with Gasteiger partial charge in [-0.05, 0) is 37.5 Å². The number of benzene rings is 1. The van der Waals surface area contributed by atoms with Crippen LogP contribution in [-0.2, 0) is 16.1 Å². The van der Waals surface area contributed by atoms with Crippen LogP contribution >= 0.6 is 15.9 Å². The Morgan fingerprint density at radius 2 is 2.07 bits per heavy atom. The van der Waals surface area contributed by atoms with Crippen LogP contribution in [0.4, 0.5) is 4.79 Å². The van der Waals surface area contributed by atoms with Gasteiger partial charge in [0.15, 0.2) is 0 Å². The van der Waals surface area contributed by atoms with Crippen LogP contribution in [0.15, 0.2) is 33.8 Å². The predicted octanol–water partition coefficient (Wildman–Crippen LogP) is 2.83. The lowest BCUT2D eigenvalue weighted by Crippen LogP contribution is -2.44. The Morgan fingerprint density at radius 3 is 2.76 bits per heavy atom. The molecule has 2 amide bonds. The second-order valence-corrected chi connectivity index (χ2v) is 8.07. The molecule has 1 unspecified atom stereocenters. The van der Waals surface area contributed by atoms with Crippen LogP contribution in [0.1, 0.15) is 33.6 Å². The summed E-state index contributed by atoms with van der Waals surface area (Å²) in [5.74, 6) is 0.144. The van der Waals surface area contributed by atoms with Gasteiger partial charge in [-0.2, -0.15) is 0 Å². The van der Waals surface area contributed by atoms with E-state index in [0.717, 1.165) is 4.47 Å². The summed E-state index contributed by atoms with van der Waals surface area (Å²) < 4.78 is 7.14. The number of carbonyl (C=O) groups is 2. The van der Waals surface area contributed by atoms with Gasteiger partial charge >= 0.3 is 6.09 Å². The minimum Gasteiger partial charge on any atom is -0.450 e. The third-order valence-corrected chi connectivity index (χ3v) is 4.76. The van der Waals surface area contributed by atoms with Gasteiger partial charge in [0.25, 0.3) is 5.56 Å². The van der Waals surface area contributed by atoms with Gasteiger partial charge in [0, 0.05) is 30.0 Å². The van der Waals surface area contributed by atoms with Crippen LogP contribution in [0, 0.1) is 5.92 Å². The fraction of sp³-hybridized carbons (Fsp3) is 0.500. The first-order valence-corrected chi connectivity index (χ1v) is 10.4. The molecule has 1 atom stereocenters. The normalized spacial score (nSPS) is 12.0. The summed E-state index contributed by atoms with van der Waals surface area (Å²) >= 11 is 3.35. The Bertz CT molecular complexity index is 913. The molecule has 0 spiro atoms. The zero-order valence-corrected chi connectivity index (χ0v) is 18.5. The number of aryl methyl sites for hydroxylation is 1. The maximum absolute atomic E-state index is 12.6. The number of rotatable bonds is 9. The SMILES string of the molecule is CCOC(=O)NC(CNC(=O)CCn1cnc2ccc(Br)cc2c1=O)CC(C)C. The van der Waals surface area contributed by atoms with Crippen LogP contribution < -0.4 is 16.2 Å². The quantitative estimate of drug-likeness (QED) is 0.591. The van der Waals surface area contributed by atoms with Crippen LogP contribution in [0.25, 0.3) is 10.9 Å². The van der Waals surface area contributed by atoms with Crippen LogP contribution in [0.2, 0.25) is 0 Å². The molecule has 29 heavy (non-hydrogen) atoms. The van der Waals surface area contributed by atoms with Gasteiger partial charge in [-0.25, -0.2) is 9.78 Å². The van der Waals surface area contributed by atoms with E-state index in [9.17, 15) is 14.4 Å². The van der Waals surface area contributed by atoms with Crippen molar-refractivity contribution in [1.29, 1.82) is 0 Å². The number of nitrogens with one attached hydrogen (secondary N) is 2. The molecular formula is C20H27BrN4O4. The van der Waals surface area contributed by atoms with Crippen molar-refractivity contribution >= 4 is 38.8 Å². The van der Waals surface area contributed by atoms with E-state index < -0.39 is 6.09 Å². The smallest absolute Gasteiger partial charge is 0.407 e. The topological polar surface area (TPSA) is 102 Å². The second kappa shape index (κ2) is 10.9. The molecule has 1 aromatic carbocycles. The lowest BCUT2D eigenvalue weighted by molar-refractivity contribution is -0.121. The highest BCUT2D eigenvalue weighted by Crippen LogP contribution is 2.14. The van der Waals surface area contributed by atoms with Gasteiger partial charge in [-0.3, -0.25) is 14.2 Å². The largest absolute Gasteiger partial charge is 0.450 e. The van der Waals surface area contributed by atoms with Gasteiger partial charge in [0.1, 0.15) is 0 Å². The van der Waals surface area contributed by atoms with Crippen molar-refractivity contribution in [2.45, 2.75) is 46.2 Å². The lowest BCUT2D eigenvalue weighted by atomic mass is 10.0. The Morgan fingerprint density at radius 1 is 1.31 bits per heavy atom. The highest BCUT2D eigenvalue weighted by atomic mass is 79.9. The number of nitrogens with zero attached hydrogens (tertiary/aromatic N) is 2. The molecule has 0 saturated heterocycles. The number of alkyl carbamates (subject to hydrolysis) is 1. The summed E-state index contributed by atoms with van der Waals surface area (Å²) in [4.78, 5) is 40.8. The van der Waals surface area contributed by atoms with Crippen LogP contribution in [0.5, 0.6) is 0 Å². The monoisotopic (exact) mass is 466 g/mol. The number of aromatic nitrogens is 2. The summed E-state index contributed by atoms with van der Waals surface area (Å²) in [7, 11) is 0. The summed E-state index contributed by atoms with van der Waals surface area (Å²) in [5.41, 5.74) is 0.422. The van der Waals surface area contributed by atoms with E-state index in [0.29, 0.717) is 29.8 Å². The Balaban J connectivity index is 1.93. The molecule has 2 aromatic rings. The van der Waals surface area contributed by atoms with E-state index >= 15 is 0 Å². The lowest BCUT2D eigenvalue weighted by Gasteiger charge is -2.20. The van der Waals surface area contributed by atoms with E-state index in [-0.39, 0.29) is 37.1 Å². The minimum atomic E-state index is -0.493. The van der Waals surface area contributed by atoms with Crippen molar-refractivity contribution in [1.82, 2.24) is 20.2 Å². The number of amides is 2. The number of hydrogen-bond acceptors (Lipinski definition) is 5. The average Bonchev–Trinajstić information content (AvgIpc) is 2.65. The predicted molar refractivity (Wildman–Crippen MR) is 115 cm³/mol. The van der Waals surface area contributed by atoms with Crippen molar-refractivity contribution in [2.75, 3.05) is 13.2 Å². The molecule has 0 aliphatic heterocycles. The van der Waals surface area contributed by atoms with Crippen LogP contribution in [0.3, 0.4) is 0 Å². The van der Waals surface area contributed by atoms with Gasteiger partial charge in [-0.1, -0.05) is 29.8 Å². The molecule has 0 bridgehead atoms. The number of fused-ring (bicyclic) bond motifs is 1. The molecule has 158 valence electrons. The van der Waals surface area contributed by atoms with E-state index in [4.69, 9.17) is 4.74 Å². The molecule has 2 N–H and O–H groups in total. The van der Waals surface area contributed by atoms with E-state index in [2.05, 4.69) is 31.5 Å². The molecule has 0 radical (unpaired) electrons. The molecule has 0 aliphatic rings. The molecule has 2 rings (SSSR count). The Kier molecular flexibility index (Phi) is 8.63. The van der Waals surface area contributed by atoms with Gasteiger partial charge in [0.2, 0.25) is 5.91 Å². The summed E-state index contributed by atoms with van der Waals surface area (Å²) in [6.07, 6.45) is 1.81. The van der Waals surface area contributed by atoms with Gasteiger partial charge < -0.3 is 15.4 Å². The summed E-state index contributed by atoms with van der Waals surface area (Å²) in [5, 5.41) is 6.08. The number of carbonyl (C=O) groups excluding carboxylic acids is 2. The van der Waals surface area contributed by atoms with Gasteiger partial charge in [-0.15, -0.1) is 0 Å². The van der Waals surface area contributed by atoms with Gasteiger partial charge in [0.05, 0.1) is 23.8 Å². The number of ether oxygens (including phenoxy) is 1. The molecule has 0 saturated carbocycles. The molecule has 0 aliphatic carbocycles. The first-order chi connectivity index (χ1) is 13.8. The molecule has 1 heterocycles. The Hall–Kier alpha value is -2.42. The standard InChI is InChI=1S/C20H27BrN4O4/c1-4-29-20(28)24-15(9-13(2)3)11-22-18(26)7-8-25-12-23-17-6-5-14(21)10-16(17)19(25)27/h5-6,10,12-13,15H,4,7-9,11H2,1-3H3,(H,22,26)(H,24,28). The number of halogens is 1. The van der Waals surface area contributed by atoms with Crippen molar-refractivity contribution < 1.29 is 14.3 Å². The third-order valence-electron chi connectivity index (χ3n) is 4.26. The zero-order valence-electron chi connectivity index (χ0n) is 16.9. The molecule has 9 heteroatoms.